The van der Waals surface area contributed by atoms with Gasteiger partial charge in [0.15, 0.2) is 6.79 Å². The van der Waals surface area contributed by atoms with Crippen molar-refractivity contribution in [2.45, 2.75) is 0 Å². The number of carbonyl (C=O) groups excluding carboxylic acids is 1. The molecular formula is CH4NO2. The molecule has 0 fully saturated rings. The summed E-state index contributed by atoms with van der Waals surface area (Å²) in [5.74, 6) is 3.50. The first-order valence-corrected chi connectivity index (χ1v) is 0.494. The highest BCUT2D eigenvalue weighted by molar-refractivity contribution is 5.12. The summed E-state index contributed by atoms with van der Waals surface area (Å²) in [6, 6.07) is 0. The third-order valence-electron chi connectivity index (χ3n) is 0. The van der Waals surface area contributed by atoms with E-state index in [2.05, 4.69) is 12.7 Å². The molecule has 0 heterocycles. The molecule has 0 aliphatic rings. The Hall–Kier alpha value is -0.410. The Kier molecular flexibility index (Phi) is 92.8. The Morgan fingerprint density at radius 2 is 1.50 bits per heavy atom. The molecule has 0 aromatic carbocycles. The number of rotatable bonds is 0. The van der Waals surface area contributed by atoms with E-state index in [0.717, 1.165) is 0 Å². The van der Waals surface area contributed by atoms with Crippen LogP contribution in [0.4, 0.5) is 0 Å². The van der Waals surface area contributed by atoms with Gasteiger partial charge in [0.2, 0.25) is 0 Å². The van der Waals surface area contributed by atoms with Crippen molar-refractivity contribution in [2.24, 2.45) is 5.90 Å². The zero-order valence-electron chi connectivity index (χ0n) is 2.01. The molecule has 0 amide bonds. The van der Waals surface area contributed by atoms with Crippen molar-refractivity contribution in [2.75, 3.05) is 0 Å². The van der Waals surface area contributed by atoms with Crippen LogP contribution in [0.25, 0.3) is 0 Å². The van der Waals surface area contributed by atoms with Gasteiger partial charge in [0.1, 0.15) is 0 Å². The molecule has 1 radical (unpaired) electrons. The molecule has 0 spiro atoms. The van der Waals surface area contributed by atoms with E-state index in [0.29, 0.717) is 0 Å². The minimum absolute atomic E-state index is 3.25. The Morgan fingerprint density at radius 1 is 1.50 bits per heavy atom. The highest BCUT2D eigenvalue weighted by Crippen LogP contribution is 0.513. The van der Waals surface area contributed by atoms with Crippen molar-refractivity contribution in [3.8, 4) is 0 Å². The van der Waals surface area contributed by atoms with E-state index in [1.54, 1.807) is 0 Å². The molecule has 0 saturated carbocycles. The van der Waals surface area contributed by atoms with E-state index in [4.69, 9.17) is 10.0 Å². The van der Waals surface area contributed by atoms with Crippen molar-refractivity contribution in [1.82, 2.24) is 0 Å². The summed E-state index contributed by atoms with van der Waals surface area (Å²) < 4.78 is 0. The molecule has 0 atom stereocenters. The standard InChI is InChI=1S/CHO.H3NO/c2*1-2/h1H;2H,1H2. The lowest BCUT2D eigenvalue weighted by Crippen LogP contribution is -1.72. The largest absolute Gasteiger partial charge is 0.320 e. The zero-order chi connectivity index (χ0) is 4.00. The van der Waals surface area contributed by atoms with Gasteiger partial charge < -0.3 is 5.21 Å². The second kappa shape index (κ2) is 39.0. The first-order valence-electron chi connectivity index (χ1n) is 0.494. The Bertz CT molecular complexity index is 6.00. The monoisotopic (exact) mass is 62.0 g/mol. The average molecular weight is 62.0 g/mol. The molecular weight excluding hydrogens is 58.0 g/mol. The smallest absolute Gasteiger partial charge is 0.182 e. The van der Waals surface area contributed by atoms with Crippen LogP contribution in [0.3, 0.4) is 0 Å². The molecule has 0 rings (SSSR count). The van der Waals surface area contributed by atoms with E-state index in [1.807, 2.05) is 0 Å². The lowest BCUT2D eigenvalue weighted by molar-refractivity contribution is 0.311. The summed E-state index contributed by atoms with van der Waals surface area (Å²) in [5, 5.41) is 6.50. The van der Waals surface area contributed by atoms with Crippen molar-refractivity contribution in [3.63, 3.8) is 0 Å². The Morgan fingerprint density at radius 3 is 1.50 bits per heavy atom. The maximum Gasteiger partial charge on any atom is 0.182 e. The molecule has 0 bridgehead atoms. The fraction of sp³-hybridized carbons (Fsp3) is 0. The molecule has 0 saturated heterocycles. The lowest BCUT2D eigenvalue weighted by atomic mass is 11.9. The van der Waals surface area contributed by atoms with Gasteiger partial charge in [-0.2, -0.15) is 0 Å². The molecule has 3 nitrogen and oxygen atoms in total. The van der Waals surface area contributed by atoms with Gasteiger partial charge in [-0.15, -0.1) is 0 Å². The number of hydrogen-bond acceptors (Lipinski definition) is 3. The van der Waals surface area contributed by atoms with Gasteiger partial charge in [0, 0.05) is 0 Å². The van der Waals surface area contributed by atoms with Crippen LogP contribution in [-0.4, -0.2) is 12.0 Å². The van der Waals surface area contributed by atoms with E-state index >= 15 is 0 Å². The minimum Gasteiger partial charge on any atom is -0.320 e. The van der Waals surface area contributed by atoms with Gasteiger partial charge in [0.05, 0.1) is 0 Å². The lowest BCUT2D eigenvalue weighted by Gasteiger charge is -1.27. The van der Waals surface area contributed by atoms with Gasteiger partial charge in [0.25, 0.3) is 0 Å². The fourth-order valence-electron chi connectivity index (χ4n) is 0. The first-order chi connectivity index (χ1) is 2.00. The van der Waals surface area contributed by atoms with Crippen LogP contribution in [0.15, 0.2) is 0 Å². The summed E-state index contributed by atoms with van der Waals surface area (Å²) >= 11 is 0. The fourth-order valence-corrected chi connectivity index (χ4v) is 0. The Balaban J connectivity index is 0. The van der Waals surface area contributed by atoms with Crippen LogP contribution in [0.2, 0.25) is 0 Å². The van der Waals surface area contributed by atoms with Crippen molar-refractivity contribution in [3.05, 3.63) is 0 Å². The summed E-state index contributed by atoms with van der Waals surface area (Å²) in [6.07, 6.45) is 0. The zero-order valence-corrected chi connectivity index (χ0v) is 2.01. The normalized spacial score (nSPS) is 2.50. The summed E-state index contributed by atoms with van der Waals surface area (Å²) in [5.41, 5.74) is 0. The van der Waals surface area contributed by atoms with E-state index < -0.39 is 0 Å². The molecule has 3 heteroatoms. The molecule has 25 valence electrons. The van der Waals surface area contributed by atoms with Crippen molar-refractivity contribution < 1.29 is 10.0 Å². The second-order valence-electron chi connectivity index (χ2n) is 0. The maximum atomic E-state index is 7.75. The third-order valence-corrected chi connectivity index (χ3v) is 0. The van der Waals surface area contributed by atoms with Crippen molar-refractivity contribution >= 4 is 6.79 Å². The number of nitrogens with two attached hydrogens (primary N) is 1. The maximum absolute atomic E-state index is 7.75. The molecule has 3 N–H and O–H groups in total. The van der Waals surface area contributed by atoms with Crippen LogP contribution in [0.1, 0.15) is 0 Å². The molecule has 0 aliphatic heterocycles. The number of hydrogen-bond donors (Lipinski definition) is 2. The van der Waals surface area contributed by atoms with Gasteiger partial charge in [-0.05, 0) is 0 Å². The van der Waals surface area contributed by atoms with Crippen LogP contribution < -0.4 is 5.90 Å². The molecule has 0 aromatic heterocycles. The minimum atomic E-state index is 3.25. The van der Waals surface area contributed by atoms with Gasteiger partial charge in [-0.25, -0.2) is 5.90 Å². The SMILES string of the molecule is NO.[CH]=O. The summed E-state index contributed by atoms with van der Waals surface area (Å²) in [4.78, 5) is 7.75. The molecule has 0 unspecified atom stereocenters. The predicted molar refractivity (Wildman–Crippen MR) is 12.7 cm³/mol. The highest BCUT2D eigenvalue weighted by atomic mass is 16.4. The molecule has 0 aliphatic carbocycles. The summed E-state index contributed by atoms with van der Waals surface area (Å²) in [7, 11) is 0. The van der Waals surface area contributed by atoms with Crippen LogP contribution >= 0.6 is 0 Å². The van der Waals surface area contributed by atoms with Gasteiger partial charge >= 0.3 is 0 Å². The summed E-state index contributed by atoms with van der Waals surface area (Å²) in [6.45, 7) is 3.25. The highest BCUT2D eigenvalue weighted by Gasteiger charge is 0.732. The van der Waals surface area contributed by atoms with Crippen LogP contribution in [0.5, 0.6) is 0 Å². The first kappa shape index (κ1) is 9.53. The van der Waals surface area contributed by atoms with E-state index in [1.165, 1.54) is 0 Å². The van der Waals surface area contributed by atoms with Gasteiger partial charge in [-0.1, -0.05) is 0 Å². The van der Waals surface area contributed by atoms with E-state index in [-0.39, 0.29) is 0 Å². The Labute approximate surface area is 24.0 Å². The van der Waals surface area contributed by atoms with Crippen LogP contribution in [0, 0.1) is 0 Å². The van der Waals surface area contributed by atoms with Gasteiger partial charge in [-0.3, -0.25) is 4.79 Å². The van der Waals surface area contributed by atoms with Crippen LogP contribution in [-0.2, 0) is 4.79 Å². The third kappa shape index (κ3) is 3.29. The molecule has 0 aromatic rings. The predicted octanol–water partition coefficient (Wildman–Crippen LogP) is -0.940. The van der Waals surface area contributed by atoms with Crippen molar-refractivity contribution in [1.29, 1.82) is 0 Å². The topological polar surface area (TPSA) is 63.3 Å². The van der Waals surface area contributed by atoms with E-state index in [9.17, 15) is 0 Å². The average Bonchev–Trinajstić information content (AvgIpc) is 1.50. The second-order valence-corrected chi connectivity index (χ2v) is 0. The quantitative estimate of drug-likeness (QED) is 0.281. The molecule has 4 heavy (non-hydrogen) atoms.